The van der Waals surface area contributed by atoms with E-state index in [0.717, 1.165) is 12.1 Å². The first-order valence-electron chi connectivity index (χ1n) is 13.5. The van der Waals surface area contributed by atoms with E-state index in [1.807, 2.05) is 50.0 Å². The summed E-state index contributed by atoms with van der Waals surface area (Å²) in [6, 6.07) is 7.20. The van der Waals surface area contributed by atoms with Crippen LogP contribution in [0, 0.1) is 0 Å². The maximum absolute atomic E-state index is 12.4. The monoisotopic (exact) mass is 629 g/mol. The molecule has 0 aliphatic carbocycles. The number of benzene rings is 1. The maximum atomic E-state index is 12.4. The summed E-state index contributed by atoms with van der Waals surface area (Å²) in [5, 5.41) is 9.35. The van der Waals surface area contributed by atoms with Crippen molar-refractivity contribution in [3.05, 3.63) is 53.7 Å². The number of likely N-dealkylation sites (N-methyl/N-ethyl adjacent to an activating group) is 2. The quantitative estimate of drug-likeness (QED) is 0.237. The maximum Gasteiger partial charge on any atom is 0.247 e. The Kier molecular flexibility index (Phi) is 9.94. The molecule has 13 nitrogen and oxygen atoms in total. The third kappa shape index (κ3) is 7.63. The topological polar surface area (TPSA) is 145 Å². The third-order valence-electron chi connectivity index (χ3n) is 6.53. The molecule has 0 atom stereocenters. The lowest BCUT2D eigenvalue weighted by atomic mass is 10.1. The minimum atomic E-state index is -3.48. The van der Waals surface area contributed by atoms with Crippen LogP contribution >= 0.6 is 11.6 Å². The van der Waals surface area contributed by atoms with E-state index in [2.05, 4.69) is 32.5 Å². The summed E-state index contributed by atoms with van der Waals surface area (Å²) < 4.78 is 32.1. The van der Waals surface area contributed by atoms with Crippen LogP contribution in [0.15, 0.2) is 43.1 Å². The van der Waals surface area contributed by atoms with Gasteiger partial charge in [0.2, 0.25) is 27.8 Å². The number of nitrogens with one attached hydrogen (secondary N) is 3. The van der Waals surface area contributed by atoms with Gasteiger partial charge >= 0.3 is 0 Å². The summed E-state index contributed by atoms with van der Waals surface area (Å²) >= 11 is 6.46. The number of carbonyl (C=O) groups excluding carboxylic acids is 1. The summed E-state index contributed by atoms with van der Waals surface area (Å²) in [5.74, 6) is 0.824. The van der Waals surface area contributed by atoms with Gasteiger partial charge in [-0.3, -0.25) is 9.10 Å². The number of rotatable bonds is 13. The second kappa shape index (κ2) is 13.4. The average molecular weight is 630 g/mol. The number of aromatic nitrogens is 3. The number of amides is 1. The molecule has 1 aromatic carbocycles. The molecule has 3 aromatic rings. The van der Waals surface area contributed by atoms with E-state index in [1.165, 1.54) is 22.8 Å². The van der Waals surface area contributed by atoms with E-state index in [9.17, 15) is 13.2 Å². The van der Waals surface area contributed by atoms with E-state index in [-0.39, 0.29) is 22.7 Å². The summed E-state index contributed by atoms with van der Waals surface area (Å²) in [5.41, 5.74) is 2.85. The van der Waals surface area contributed by atoms with Crippen molar-refractivity contribution in [2.45, 2.75) is 13.3 Å². The highest BCUT2D eigenvalue weighted by Crippen LogP contribution is 2.40. The number of hydrogen-bond acceptors (Lipinski definition) is 11. The third-order valence-corrected chi connectivity index (χ3v) is 7.98. The normalized spacial score (nSPS) is 12.6. The van der Waals surface area contributed by atoms with Crippen LogP contribution in [0.1, 0.15) is 12.5 Å². The highest BCUT2D eigenvalue weighted by atomic mass is 35.5. The minimum Gasteiger partial charge on any atom is -0.476 e. The fourth-order valence-corrected chi connectivity index (χ4v) is 5.57. The molecule has 3 N–H and O–H groups in total. The SMILES string of the molecule is C=CC(=O)Nc1cc(Nc2ncc(Cl)c(Nc3cccc4c3N(S(C)(=O)=O)CC4)n2)c(OCC)nc1N(C)CCN(C)C. The molecule has 0 spiro atoms. The molecule has 4 rings (SSSR count). The van der Waals surface area contributed by atoms with Gasteiger partial charge in [0.15, 0.2) is 11.6 Å². The molecular formula is C28H36ClN9O4S. The Balaban J connectivity index is 1.70. The Morgan fingerprint density at radius 1 is 1.16 bits per heavy atom. The molecule has 0 saturated carbocycles. The molecule has 2 aromatic heterocycles. The van der Waals surface area contributed by atoms with Crippen molar-refractivity contribution in [1.82, 2.24) is 19.9 Å². The van der Waals surface area contributed by atoms with Crippen LogP contribution in [0.25, 0.3) is 0 Å². The molecule has 0 unspecified atom stereocenters. The molecule has 230 valence electrons. The van der Waals surface area contributed by atoms with E-state index in [0.29, 0.717) is 54.7 Å². The van der Waals surface area contributed by atoms with Crippen molar-refractivity contribution in [3.63, 3.8) is 0 Å². The molecule has 1 aliphatic rings. The van der Waals surface area contributed by atoms with E-state index in [4.69, 9.17) is 21.3 Å². The predicted octanol–water partition coefficient (Wildman–Crippen LogP) is 3.86. The number of para-hydroxylation sites is 1. The molecule has 0 saturated heterocycles. The summed E-state index contributed by atoms with van der Waals surface area (Å²) in [6.45, 7) is 7.49. The first-order chi connectivity index (χ1) is 20.4. The number of anilines is 7. The first-order valence-corrected chi connectivity index (χ1v) is 15.8. The summed E-state index contributed by atoms with van der Waals surface area (Å²) in [4.78, 5) is 29.8. The molecule has 0 radical (unpaired) electrons. The fourth-order valence-electron chi connectivity index (χ4n) is 4.46. The van der Waals surface area contributed by atoms with Crippen molar-refractivity contribution in [2.24, 2.45) is 0 Å². The number of fused-ring (bicyclic) bond motifs is 1. The predicted molar refractivity (Wildman–Crippen MR) is 172 cm³/mol. The fraction of sp³-hybridized carbons (Fsp3) is 0.357. The number of pyridine rings is 1. The summed E-state index contributed by atoms with van der Waals surface area (Å²) in [6.07, 6.45) is 4.38. The van der Waals surface area contributed by atoms with Gasteiger partial charge in [0.05, 0.1) is 36.1 Å². The van der Waals surface area contributed by atoms with E-state index in [1.54, 1.807) is 12.1 Å². The van der Waals surface area contributed by atoms with Crippen molar-refractivity contribution < 1.29 is 17.9 Å². The summed E-state index contributed by atoms with van der Waals surface area (Å²) in [7, 11) is 2.35. The van der Waals surface area contributed by atoms with Gasteiger partial charge in [-0.05, 0) is 51.2 Å². The van der Waals surface area contributed by atoms with Crippen LogP contribution in [0.5, 0.6) is 5.88 Å². The molecule has 1 amide bonds. The Morgan fingerprint density at radius 2 is 1.93 bits per heavy atom. The van der Waals surface area contributed by atoms with Crippen LogP contribution in [0.3, 0.4) is 0 Å². The van der Waals surface area contributed by atoms with Gasteiger partial charge in [-0.25, -0.2) is 13.4 Å². The number of carbonyl (C=O) groups is 1. The zero-order valence-electron chi connectivity index (χ0n) is 24.8. The molecule has 3 heterocycles. The van der Waals surface area contributed by atoms with Crippen molar-refractivity contribution >= 4 is 67.9 Å². The zero-order valence-corrected chi connectivity index (χ0v) is 26.4. The molecule has 43 heavy (non-hydrogen) atoms. The second-order valence-electron chi connectivity index (χ2n) is 10.1. The van der Waals surface area contributed by atoms with Crippen molar-refractivity contribution in [2.75, 3.05) is 78.8 Å². The van der Waals surface area contributed by atoms with Gasteiger partial charge in [-0.15, -0.1) is 0 Å². The van der Waals surface area contributed by atoms with Gasteiger partial charge in [0.25, 0.3) is 0 Å². The number of ether oxygens (including phenoxy) is 1. The number of sulfonamides is 1. The molecule has 15 heteroatoms. The Bertz CT molecular complexity index is 1620. The van der Waals surface area contributed by atoms with Gasteiger partial charge < -0.3 is 30.5 Å². The Labute approximate surface area is 257 Å². The largest absolute Gasteiger partial charge is 0.476 e. The van der Waals surface area contributed by atoms with Crippen molar-refractivity contribution in [1.29, 1.82) is 0 Å². The Hall–Kier alpha value is -4.14. The van der Waals surface area contributed by atoms with Gasteiger partial charge in [0, 0.05) is 26.7 Å². The van der Waals surface area contributed by atoms with Crippen LogP contribution in [-0.2, 0) is 21.2 Å². The van der Waals surface area contributed by atoms with Crippen LogP contribution in [0.2, 0.25) is 5.02 Å². The zero-order chi connectivity index (χ0) is 31.3. The first kappa shape index (κ1) is 31.8. The lowest BCUT2D eigenvalue weighted by molar-refractivity contribution is -0.111. The second-order valence-corrected chi connectivity index (χ2v) is 12.4. The minimum absolute atomic E-state index is 0.164. The van der Waals surface area contributed by atoms with E-state index >= 15 is 0 Å². The molecule has 0 bridgehead atoms. The van der Waals surface area contributed by atoms with Crippen LogP contribution in [0.4, 0.5) is 40.3 Å². The standard InChI is InChI=1S/C28H36ClN9O4S/c1-7-23(39)31-21-16-22(27(42-8-2)35-26(21)37(5)15-14-36(3)4)33-28-30-17-19(29)25(34-28)32-20-11-9-10-18-12-13-38(24(18)20)43(6,40)41/h7,9-11,16-17H,1,8,12-15H2,2-6H3,(H,31,39)(H2,30,32,33,34). The number of nitrogens with zero attached hydrogens (tertiary/aromatic N) is 6. The van der Waals surface area contributed by atoms with Crippen molar-refractivity contribution in [3.8, 4) is 5.88 Å². The highest BCUT2D eigenvalue weighted by Gasteiger charge is 2.29. The number of hydrogen-bond donors (Lipinski definition) is 3. The highest BCUT2D eigenvalue weighted by molar-refractivity contribution is 7.92. The molecule has 0 fully saturated rings. The van der Waals surface area contributed by atoms with Gasteiger partial charge in [-0.1, -0.05) is 30.3 Å². The van der Waals surface area contributed by atoms with Gasteiger partial charge in [0.1, 0.15) is 10.7 Å². The lowest BCUT2D eigenvalue weighted by Gasteiger charge is -2.24. The smallest absolute Gasteiger partial charge is 0.247 e. The molecule has 1 aliphatic heterocycles. The van der Waals surface area contributed by atoms with Crippen LogP contribution < -0.4 is 29.9 Å². The Morgan fingerprint density at radius 3 is 2.60 bits per heavy atom. The van der Waals surface area contributed by atoms with Crippen LogP contribution in [-0.4, -0.2) is 87.8 Å². The number of halogens is 1. The molecular weight excluding hydrogens is 594 g/mol. The average Bonchev–Trinajstić information content (AvgIpc) is 3.41. The lowest BCUT2D eigenvalue weighted by Crippen LogP contribution is -2.30. The van der Waals surface area contributed by atoms with E-state index < -0.39 is 15.9 Å². The van der Waals surface area contributed by atoms with Gasteiger partial charge in [-0.2, -0.15) is 9.97 Å².